The van der Waals surface area contributed by atoms with Crippen LogP contribution >= 0.6 is 0 Å². The Morgan fingerprint density at radius 2 is 1.81 bits per heavy atom. The number of nitriles is 1. The summed E-state index contributed by atoms with van der Waals surface area (Å²) in [6, 6.07) is 7.25. The summed E-state index contributed by atoms with van der Waals surface area (Å²) in [6.45, 7) is 12.7. The molecule has 1 amide bonds. The molecule has 6 nitrogen and oxygen atoms in total. The lowest BCUT2D eigenvalue weighted by atomic mass is 10.2. The summed E-state index contributed by atoms with van der Waals surface area (Å²) in [5.74, 6) is 0.844. The van der Waals surface area contributed by atoms with Crippen LogP contribution in [0.4, 0.5) is 5.69 Å². The SMILES string of the molecule is C=CCN(CC=C)C(=O)/C(C#N)=C\Nc1ccc(OCC)c(OCC)c1. The number of ether oxygens (including phenoxy) is 2. The van der Waals surface area contributed by atoms with Gasteiger partial charge < -0.3 is 19.7 Å². The zero-order valence-electron chi connectivity index (χ0n) is 15.3. The first-order chi connectivity index (χ1) is 12.6. The molecule has 0 fully saturated rings. The predicted octanol–water partition coefficient (Wildman–Crippen LogP) is 3.50. The quantitative estimate of drug-likeness (QED) is 0.373. The van der Waals surface area contributed by atoms with E-state index in [1.807, 2.05) is 19.9 Å². The van der Waals surface area contributed by atoms with Gasteiger partial charge in [0.1, 0.15) is 11.6 Å². The van der Waals surface area contributed by atoms with Crippen LogP contribution in [0.25, 0.3) is 0 Å². The number of nitrogens with one attached hydrogen (secondary N) is 1. The van der Waals surface area contributed by atoms with Crippen LogP contribution in [0.3, 0.4) is 0 Å². The second-order valence-corrected chi connectivity index (χ2v) is 5.13. The molecule has 1 aromatic rings. The average molecular weight is 355 g/mol. The third kappa shape index (κ3) is 6.02. The molecule has 0 saturated heterocycles. The minimum Gasteiger partial charge on any atom is -0.490 e. The van der Waals surface area contributed by atoms with Crippen LogP contribution in [0.15, 0.2) is 55.3 Å². The van der Waals surface area contributed by atoms with Crippen molar-refractivity contribution >= 4 is 11.6 Å². The van der Waals surface area contributed by atoms with Gasteiger partial charge >= 0.3 is 0 Å². The van der Waals surface area contributed by atoms with E-state index in [1.165, 1.54) is 11.1 Å². The lowest BCUT2D eigenvalue weighted by molar-refractivity contribution is -0.125. The largest absolute Gasteiger partial charge is 0.490 e. The van der Waals surface area contributed by atoms with E-state index >= 15 is 0 Å². The van der Waals surface area contributed by atoms with Crippen molar-refractivity contribution in [1.82, 2.24) is 4.90 Å². The molecule has 138 valence electrons. The number of anilines is 1. The molecular weight excluding hydrogens is 330 g/mol. The van der Waals surface area contributed by atoms with Gasteiger partial charge in [0.15, 0.2) is 11.5 Å². The maximum Gasteiger partial charge on any atom is 0.266 e. The van der Waals surface area contributed by atoms with Crippen LogP contribution in [0.5, 0.6) is 11.5 Å². The Morgan fingerprint density at radius 1 is 1.19 bits per heavy atom. The molecule has 0 saturated carbocycles. The van der Waals surface area contributed by atoms with Crippen molar-refractivity contribution in [3.05, 3.63) is 55.3 Å². The van der Waals surface area contributed by atoms with E-state index in [0.29, 0.717) is 43.5 Å². The summed E-state index contributed by atoms with van der Waals surface area (Å²) in [7, 11) is 0. The number of rotatable bonds is 11. The van der Waals surface area contributed by atoms with Crippen molar-refractivity contribution in [3.63, 3.8) is 0 Å². The Bertz CT molecular complexity index is 695. The lowest BCUT2D eigenvalue weighted by Crippen LogP contribution is -2.32. The van der Waals surface area contributed by atoms with Crippen LogP contribution in [0, 0.1) is 11.3 Å². The van der Waals surface area contributed by atoms with Crippen LogP contribution in [-0.2, 0) is 4.79 Å². The normalized spacial score (nSPS) is 10.4. The highest BCUT2D eigenvalue weighted by atomic mass is 16.5. The van der Waals surface area contributed by atoms with E-state index in [1.54, 1.807) is 30.4 Å². The number of benzene rings is 1. The van der Waals surface area contributed by atoms with Crippen molar-refractivity contribution < 1.29 is 14.3 Å². The van der Waals surface area contributed by atoms with E-state index in [-0.39, 0.29) is 5.57 Å². The average Bonchev–Trinajstić information content (AvgIpc) is 2.64. The van der Waals surface area contributed by atoms with Crippen molar-refractivity contribution in [1.29, 1.82) is 5.26 Å². The van der Waals surface area contributed by atoms with Crippen molar-refractivity contribution in [2.24, 2.45) is 0 Å². The fourth-order valence-electron chi connectivity index (χ4n) is 2.16. The lowest BCUT2D eigenvalue weighted by Gasteiger charge is -2.18. The fraction of sp³-hybridized carbons (Fsp3) is 0.300. The van der Waals surface area contributed by atoms with Gasteiger partial charge in [-0.25, -0.2) is 0 Å². The monoisotopic (exact) mass is 355 g/mol. The van der Waals surface area contributed by atoms with Gasteiger partial charge in [0.2, 0.25) is 0 Å². The maximum absolute atomic E-state index is 12.4. The molecule has 1 aromatic carbocycles. The Balaban J connectivity index is 2.99. The molecule has 1 rings (SSSR count). The second kappa shape index (κ2) is 11.4. The summed E-state index contributed by atoms with van der Waals surface area (Å²) >= 11 is 0. The van der Waals surface area contributed by atoms with Crippen LogP contribution in [0.1, 0.15) is 13.8 Å². The summed E-state index contributed by atoms with van der Waals surface area (Å²) in [4.78, 5) is 13.9. The van der Waals surface area contributed by atoms with Gasteiger partial charge in [-0.2, -0.15) is 5.26 Å². The van der Waals surface area contributed by atoms with E-state index in [9.17, 15) is 10.1 Å². The molecule has 0 unspecified atom stereocenters. The molecule has 0 radical (unpaired) electrons. The first-order valence-corrected chi connectivity index (χ1v) is 8.38. The molecule has 6 heteroatoms. The zero-order chi connectivity index (χ0) is 19.4. The minimum atomic E-state index is -0.393. The highest BCUT2D eigenvalue weighted by molar-refractivity contribution is 5.97. The van der Waals surface area contributed by atoms with Gasteiger partial charge in [0.25, 0.3) is 5.91 Å². The molecule has 0 aromatic heterocycles. The molecule has 0 aliphatic rings. The molecule has 0 atom stereocenters. The second-order valence-electron chi connectivity index (χ2n) is 5.13. The summed E-state index contributed by atoms with van der Waals surface area (Å²) in [6.07, 6.45) is 4.59. The third-order valence-corrected chi connectivity index (χ3v) is 3.26. The summed E-state index contributed by atoms with van der Waals surface area (Å²) < 4.78 is 11.1. The predicted molar refractivity (Wildman–Crippen MR) is 103 cm³/mol. The van der Waals surface area contributed by atoms with Gasteiger partial charge in [-0.1, -0.05) is 12.2 Å². The topological polar surface area (TPSA) is 74.6 Å². The number of carbonyl (C=O) groups excluding carboxylic acids is 1. The highest BCUT2D eigenvalue weighted by Crippen LogP contribution is 2.30. The summed E-state index contributed by atoms with van der Waals surface area (Å²) in [5, 5.41) is 12.3. The molecule has 1 N–H and O–H groups in total. The van der Waals surface area contributed by atoms with E-state index in [0.717, 1.165) is 0 Å². The number of hydrogen-bond acceptors (Lipinski definition) is 5. The molecular formula is C20H25N3O3. The van der Waals surface area contributed by atoms with Gasteiger partial charge in [0, 0.05) is 31.0 Å². The molecule has 0 heterocycles. The number of nitrogens with zero attached hydrogens (tertiary/aromatic N) is 2. The van der Waals surface area contributed by atoms with Crippen LogP contribution in [0.2, 0.25) is 0 Å². The Hall–Kier alpha value is -3.20. The molecule has 0 aliphatic heterocycles. The summed E-state index contributed by atoms with van der Waals surface area (Å²) in [5.41, 5.74) is 0.664. The molecule has 0 spiro atoms. The fourth-order valence-corrected chi connectivity index (χ4v) is 2.16. The standard InChI is InChI=1S/C20H25N3O3/c1-5-11-23(12-6-2)20(24)16(14-21)15-22-17-9-10-18(25-7-3)19(13-17)26-8-4/h5-6,9-10,13,15,22H,1-2,7-8,11-12H2,3-4H3/b16-15-. The Labute approximate surface area is 155 Å². The number of hydrogen-bond donors (Lipinski definition) is 1. The van der Waals surface area contributed by atoms with Gasteiger partial charge in [-0.15, -0.1) is 13.2 Å². The van der Waals surface area contributed by atoms with E-state index in [2.05, 4.69) is 18.5 Å². The number of carbonyl (C=O) groups is 1. The van der Waals surface area contributed by atoms with E-state index < -0.39 is 5.91 Å². The minimum absolute atomic E-state index is 0.0134. The molecule has 26 heavy (non-hydrogen) atoms. The highest BCUT2D eigenvalue weighted by Gasteiger charge is 2.16. The van der Waals surface area contributed by atoms with Gasteiger partial charge in [-0.05, 0) is 26.0 Å². The smallest absolute Gasteiger partial charge is 0.266 e. The van der Waals surface area contributed by atoms with Crippen LogP contribution < -0.4 is 14.8 Å². The third-order valence-electron chi connectivity index (χ3n) is 3.26. The van der Waals surface area contributed by atoms with Crippen LogP contribution in [-0.4, -0.2) is 37.1 Å². The van der Waals surface area contributed by atoms with Gasteiger partial charge in [0.05, 0.1) is 13.2 Å². The Morgan fingerprint density at radius 3 is 2.35 bits per heavy atom. The van der Waals surface area contributed by atoms with Crippen molar-refractivity contribution in [3.8, 4) is 17.6 Å². The van der Waals surface area contributed by atoms with E-state index in [4.69, 9.17) is 9.47 Å². The van der Waals surface area contributed by atoms with Crippen molar-refractivity contribution in [2.75, 3.05) is 31.6 Å². The number of amides is 1. The molecule has 0 aliphatic carbocycles. The molecule has 0 bridgehead atoms. The van der Waals surface area contributed by atoms with Gasteiger partial charge in [-0.3, -0.25) is 4.79 Å². The maximum atomic E-state index is 12.4. The first kappa shape index (κ1) is 20.8. The van der Waals surface area contributed by atoms with Crippen molar-refractivity contribution in [2.45, 2.75) is 13.8 Å². The zero-order valence-corrected chi connectivity index (χ0v) is 15.3. The first-order valence-electron chi connectivity index (χ1n) is 8.38. The Kier molecular flexibility index (Phi) is 9.12.